The molecule has 104 valence electrons. The first-order valence-corrected chi connectivity index (χ1v) is 7.14. The van der Waals surface area contributed by atoms with Crippen LogP contribution >= 0.6 is 0 Å². The Morgan fingerprint density at radius 2 is 2.00 bits per heavy atom. The fourth-order valence-electron chi connectivity index (χ4n) is 2.91. The van der Waals surface area contributed by atoms with Gasteiger partial charge in [-0.05, 0) is 50.8 Å². The van der Waals surface area contributed by atoms with E-state index in [-0.39, 0.29) is 5.91 Å². The Balaban J connectivity index is 2.23. The summed E-state index contributed by atoms with van der Waals surface area (Å²) in [6.45, 7) is 7.07. The monoisotopic (exact) mass is 260 g/mol. The quantitative estimate of drug-likeness (QED) is 0.849. The van der Waals surface area contributed by atoms with Gasteiger partial charge in [-0.3, -0.25) is 4.79 Å². The van der Waals surface area contributed by atoms with Gasteiger partial charge in [0.2, 0.25) is 5.91 Å². The Morgan fingerprint density at radius 3 is 2.58 bits per heavy atom. The summed E-state index contributed by atoms with van der Waals surface area (Å²) in [5, 5.41) is 0. The minimum absolute atomic E-state index is 0.238. The smallest absolute Gasteiger partial charge is 0.232 e. The maximum absolute atomic E-state index is 12.8. The number of likely N-dealkylation sites (tertiary alicyclic amines) is 1. The lowest BCUT2D eigenvalue weighted by atomic mass is 9.83. The summed E-state index contributed by atoms with van der Waals surface area (Å²) in [5.41, 5.74) is 7.01. The van der Waals surface area contributed by atoms with Crippen LogP contribution in [0.15, 0.2) is 24.3 Å². The summed E-state index contributed by atoms with van der Waals surface area (Å²) in [6, 6.07) is 8.08. The zero-order chi connectivity index (χ0) is 14.0. The minimum Gasteiger partial charge on any atom is -0.399 e. The van der Waals surface area contributed by atoms with Crippen molar-refractivity contribution in [2.24, 2.45) is 0 Å². The van der Waals surface area contributed by atoms with Crippen LogP contribution in [0.4, 0.5) is 5.69 Å². The predicted molar refractivity (Wildman–Crippen MR) is 78.9 cm³/mol. The topological polar surface area (TPSA) is 46.3 Å². The third-order valence-corrected chi connectivity index (χ3v) is 4.28. The lowest BCUT2D eigenvalue weighted by molar-refractivity contribution is -0.137. The van der Waals surface area contributed by atoms with E-state index in [4.69, 9.17) is 5.73 Å². The Labute approximate surface area is 115 Å². The SMILES string of the molecule is CCC1CCCN1C(=O)C(C)(C)c1ccc(N)cc1. The number of hydrogen-bond acceptors (Lipinski definition) is 2. The van der Waals surface area contributed by atoms with E-state index in [2.05, 4.69) is 11.8 Å². The van der Waals surface area contributed by atoms with Crippen LogP contribution in [-0.2, 0) is 10.2 Å². The standard InChI is InChI=1S/C16H24N2O/c1-4-14-6-5-11-18(14)15(19)16(2,3)12-7-9-13(17)10-8-12/h7-10,14H,4-6,11,17H2,1-3H3. The van der Waals surface area contributed by atoms with Crippen LogP contribution in [0, 0.1) is 0 Å². The van der Waals surface area contributed by atoms with Crippen LogP contribution in [-0.4, -0.2) is 23.4 Å². The highest BCUT2D eigenvalue weighted by molar-refractivity contribution is 5.88. The number of nitrogen functional groups attached to an aromatic ring is 1. The molecule has 1 atom stereocenters. The summed E-state index contributed by atoms with van der Waals surface area (Å²) in [4.78, 5) is 14.9. The molecule has 1 amide bonds. The van der Waals surface area contributed by atoms with Gasteiger partial charge in [-0.15, -0.1) is 0 Å². The number of anilines is 1. The summed E-state index contributed by atoms with van der Waals surface area (Å²) < 4.78 is 0. The van der Waals surface area contributed by atoms with E-state index in [1.807, 2.05) is 38.1 Å². The number of nitrogens with two attached hydrogens (primary N) is 1. The highest BCUT2D eigenvalue weighted by Crippen LogP contribution is 2.30. The molecule has 0 aromatic heterocycles. The van der Waals surface area contributed by atoms with E-state index in [1.54, 1.807) is 0 Å². The summed E-state index contributed by atoms with van der Waals surface area (Å²) in [6.07, 6.45) is 3.31. The molecule has 1 aromatic carbocycles. The molecule has 1 unspecified atom stereocenters. The summed E-state index contributed by atoms with van der Waals surface area (Å²) >= 11 is 0. The molecule has 0 radical (unpaired) electrons. The van der Waals surface area contributed by atoms with E-state index in [9.17, 15) is 4.79 Å². The molecule has 19 heavy (non-hydrogen) atoms. The Kier molecular flexibility index (Phi) is 3.83. The van der Waals surface area contributed by atoms with E-state index in [0.717, 1.165) is 37.1 Å². The van der Waals surface area contributed by atoms with Gasteiger partial charge in [0, 0.05) is 18.3 Å². The van der Waals surface area contributed by atoms with Crippen LogP contribution in [0.25, 0.3) is 0 Å². The first-order valence-electron chi connectivity index (χ1n) is 7.14. The third kappa shape index (κ3) is 2.60. The lowest BCUT2D eigenvalue weighted by Gasteiger charge is -2.33. The summed E-state index contributed by atoms with van der Waals surface area (Å²) in [5.74, 6) is 0.238. The van der Waals surface area contributed by atoms with Crippen molar-refractivity contribution in [3.63, 3.8) is 0 Å². The number of nitrogens with zero attached hydrogens (tertiary/aromatic N) is 1. The molecule has 1 aliphatic heterocycles. The van der Waals surface area contributed by atoms with E-state index in [0.29, 0.717) is 6.04 Å². The van der Waals surface area contributed by atoms with Crippen molar-refractivity contribution in [1.82, 2.24) is 4.90 Å². The largest absolute Gasteiger partial charge is 0.399 e. The molecule has 3 nitrogen and oxygen atoms in total. The Hall–Kier alpha value is -1.51. The number of rotatable bonds is 3. The second kappa shape index (κ2) is 5.24. The molecular formula is C16H24N2O. The molecule has 1 heterocycles. The molecule has 0 aliphatic carbocycles. The molecule has 3 heteroatoms. The van der Waals surface area contributed by atoms with Gasteiger partial charge in [0.1, 0.15) is 0 Å². The first-order chi connectivity index (χ1) is 8.96. The van der Waals surface area contributed by atoms with Gasteiger partial charge in [-0.25, -0.2) is 0 Å². The number of benzene rings is 1. The van der Waals surface area contributed by atoms with Crippen LogP contribution in [0.5, 0.6) is 0 Å². The highest BCUT2D eigenvalue weighted by Gasteiger charge is 2.38. The van der Waals surface area contributed by atoms with Gasteiger partial charge in [-0.1, -0.05) is 19.1 Å². The Bertz CT molecular complexity index is 450. The van der Waals surface area contributed by atoms with Crippen molar-refractivity contribution in [2.75, 3.05) is 12.3 Å². The van der Waals surface area contributed by atoms with Gasteiger partial charge >= 0.3 is 0 Å². The second-order valence-corrected chi connectivity index (χ2v) is 5.95. The van der Waals surface area contributed by atoms with E-state index >= 15 is 0 Å². The molecule has 1 saturated heterocycles. The normalized spacial score (nSPS) is 19.7. The number of amides is 1. The first kappa shape index (κ1) is 13.9. The Morgan fingerprint density at radius 1 is 1.37 bits per heavy atom. The van der Waals surface area contributed by atoms with Crippen molar-refractivity contribution < 1.29 is 4.79 Å². The van der Waals surface area contributed by atoms with Crippen molar-refractivity contribution in [2.45, 2.75) is 51.5 Å². The molecule has 1 aliphatic rings. The average Bonchev–Trinajstić information content (AvgIpc) is 2.86. The zero-order valence-corrected chi connectivity index (χ0v) is 12.1. The fraction of sp³-hybridized carbons (Fsp3) is 0.562. The molecular weight excluding hydrogens is 236 g/mol. The molecule has 0 bridgehead atoms. The molecule has 0 spiro atoms. The molecule has 0 saturated carbocycles. The maximum atomic E-state index is 12.8. The molecule has 1 fully saturated rings. The number of carbonyl (C=O) groups excluding carboxylic acids is 1. The third-order valence-electron chi connectivity index (χ3n) is 4.28. The van der Waals surface area contributed by atoms with Crippen LogP contribution < -0.4 is 5.73 Å². The number of carbonyl (C=O) groups is 1. The summed E-state index contributed by atoms with van der Waals surface area (Å²) in [7, 11) is 0. The predicted octanol–water partition coefficient (Wildman–Crippen LogP) is 2.95. The van der Waals surface area contributed by atoms with Crippen molar-refractivity contribution in [3.05, 3.63) is 29.8 Å². The van der Waals surface area contributed by atoms with Crippen molar-refractivity contribution >= 4 is 11.6 Å². The van der Waals surface area contributed by atoms with Crippen molar-refractivity contribution in [3.8, 4) is 0 Å². The van der Waals surface area contributed by atoms with E-state index < -0.39 is 5.41 Å². The van der Waals surface area contributed by atoms with Crippen molar-refractivity contribution in [1.29, 1.82) is 0 Å². The molecule has 2 N–H and O–H groups in total. The van der Waals surface area contributed by atoms with Gasteiger partial charge in [0.15, 0.2) is 0 Å². The lowest BCUT2D eigenvalue weighted by Crippen LogP contribution is -2.45. The number of hydrogen-bond donors (Lipinski definition) is 1. The van der Waals surface area contributed by atoms with Crippen LogP contribution in [0.1, 0.15) is 45.6 Å². The van der Waals surface area contributed by atoms with Crippen LogP contribution in [0.2, 0.25) is 0 Å². The second-order valence-electron chi connectivity index (χ2n) is 5.95. The van der Waals surface area contributed by atoms with Gasteiger partial charge in [0.05, 0.1) is 5.41 Å². The van der Waals surface area contributed by atoms with Gasteiger partial charge in [0.25, 0.3) is 0 Å². The molecule has 1 aromatic rings. The van der Waals surface area contributed by atoms with Crippen LogP contribution in [0.3, 0.4) is 0 Å². The van der Waals surface area contributed by atoms with Gasteiger partial charge in [-0.2, -0.15) is 0 Å². The minimum atomic E-state index is -0.481. The maximum Gasteiger partial charge on any atom is 0.232 e. The molecule has 2 rings (SSSR count). The average molecular weight is 260 g/mol. The van der Waals surface area contributed by atoms with Gasteiger partial charge < -0.3 is 10.6 Å². The highest BCUT2D eigenvalue weighted by atomic mass is 16.2. The fourth-order valence-corrected chi connectivity index (χ4v) is 2.91. The zero-order valence-electron chi connectivity index (χ0n) is 12.1. The van der Waals surface area contributed by atoms with E-state index in [1.165, 1.54) is 0 Å².